The molecule has 5 nitrogen and oxygen atoms in total. The van der Waals surface area contributed by atoms with Crippen molar-refractivity contribution in [1.82, 2.24) is 0 Å². The van der Waals surface area contributed by atoms with Crippen molar-refractivity contribution in [1.29, 1.82) is 0 Å². The Balaban J connectivity index is 1.87. The second kappa shape index (κ2) is 5.63. The summed E-state index contributed by atoms with van der Waals surface area (Å²) in [4.78, 5) is 28.3. The van der Waals surface area contributed by atoms with Gasteiger partial charge in [0.1, 0.15) is 0 Å². The van der Waals surface area contributed by atoms with E-state index in [2.05, 4.69) is 4.90 Å². The summed E-state index contributed by atoms with van der Waals surface area (Å²) in [7, 11) is 0. The molecule has 3 aliphatic heterocycles. The maximum absolute atomic E-state index is 13.1. The van der Waals surface area contributed by atoms with Crippen molar-refractivity contribution in [2.24, 2.45) is 5.41 Å². The number of rotatable bonds is 0. The van der Waals surface area contributed by atoms with E-state index in [0.29, 0.717) is 11.4 Å². The molecule has 4 rings (SSSR count). The lowest BCUT2D eigenvalue weighted by atomic mass is 9.69. The van der Waals surface area contributed by atoms with Crippen molar-refractivity contribution in [2.45, 2.75) is 57.8 Å². The first-order chi connectivity index (χ1) is 11.8. The van der Waals surface area contributed by atoms with Crippen LogP contribution >= 0.6 is 11.6 Å². The largest absolute Gasteiger partial charge is 0.422 e. The first-order valence-corrected chi connectivity index (χ1v) is 9.23. The second-order valence-corrected chi connectivity index (χ2v) is 8.09. The van der Waals surface area contributed by atoms with Gasteiger partial charge in [-0.3, -0.25) is 9.59 Å². The van der Waals surface area contributed by atoms with E-state index < -0.39 is 23.1 Å². The van der Waals surface area contributed by atoms with E-state index in [-0.39, 0.29) is 6.04 Å². The van der Waals surface area contributed by atoms with Crippen LogP contribution in [-0.2, 0) is 25.5 Å². The Labute approximate surface area is 152 Å². The van der Waals surface area contributed by atoms with Crippen molar-refractivity contribution in [3.63, 3.8) is 0 Å². The average Bonchev–Trinajstić information content (AvgIpc) is 2.78. The van der Waals surface area contributed by atoms with E-state index in [0.717, 1.165) is 43.5 Å². The van der Waals surface area contributed by atoms with Gasteiger partial charge in [-0.15, -0.1) is 0 Å². The van der Waals surface area contributed by atoms with Crippen LogP contribution in [0.4, 0.5) is 5.69 Å². The van der Waals surface area contributed by atoms with Crippen molar-refractivity contribution in [2.75, 3.05) is 11.4 Å². The fraction of sp³-hybridized carbons (Fsp3) is 0.579. The average molecular weight is 364 g/mol. The van der Waals surface area contributed by atoms with Gasteiger partial charge in [-0.1, -0.05) is 30.5 Å². The van der Waals surface area contributed by atoms with Crippen LogP contribution in [0.5, 0.6) is 0 Å². The molecule has 1 atom stereocenters. The zero-order valence-electron chi connectivity index (χ0n) is 14.5. The van der Waals surface area contributed by atoms with E-state index in [1.54, 1.807) is 19.9 Å². The van der Waals surface area contributed by atoms with Crippen LogP contribution in [0.3, 0.4) is 0 Å². The molecular formula is C19H22ClNO4. The first kappa shape index (κ1) is 16.7. The Morgan fingerprint density at radius 3 is 2.56 bits per heavy atom. The van der Waals surface area contributed by atoms with Crippen molar-refractivity contribution < 1.29 is 19.1 Å². The smallest absolute Gasteiger partial charge is 0.329 e. The maximum Gasteiger partial charge on any atom is 0.329 e. The normalized spacial score (nSPS) is 27.0. The quantitative estimate of drug-likeness (QED) is 0.522. The van der Waals surface area contributed by atoms with Crippen LogP contribution in [-0.4, -0.2) is 30.3 Å². The molecule has 1 aromatic rings. The van der Waals surface area contributed by atoms with Crippen LogP contribution < -0.4 is 4.90 Å². The van der Waals surface area contributed by atoms with Crippen LogP contribution in [0.25, 0.3) is 0 Å². The fourth-order valence-corrected chi connectivity index (χ4v) is 4.60. The molecule has 6 heteroatoms. The SMILES string of the molecule is CC1(C)OC(=O)C2(Cc3ccc(Cl)cc3N3CCCCCC32)C(=O)O1. The van der Waals surface area contributed by atoms with E-state index >= 15 is 0 Å². The maximum atomic E-state index is 13.1. The predicted octanol–water partition coefficient (Wildman–Crippen LogP) is 3.47. The van der Waals surface area contributed by atoms with Gasteiger partial charge in [0.05, 0.1) is 6.04 Å². The van der Waals surface area contributed by atoms with Gasteiger partial charge in [-0.05, 0) is 30.5 Å². The number of carbonyl (C=O) groups excluding carboxylic acids is 2. The van der Waals surface area contributed by atoms with Crippen molar-refractivity contribution in [3.05, 3.63) is 28.8 Å². The molecule has 1 aromatic carbocycles. The molecule has 0 saturated carbocycles. The van der Waals surface area contributed by atoms with E-state index in [1.165, 1.54) is 0 Å². The Morgan fingerprint density at radius 1 is 1.12 bits per heavy atom. The summed E-state index contributed by atoms with van der Waals surface area (Å²) in [5.41, 5.74) is 0.673. The first-order valence-electron chi connectivity index (χ1n) is 8.85. The van der Waals surface area contributed by atoms with E-state index in [4.69, 9.17) is 21.1 Å². The summed E-state index contributed by atoms with van der Waals surface area (Å²) in [6.45, 7) is 3.98. The predicted molar refractivity (Wildman–Crippen MR) is 93.5 cm³/mol. The molecule has 25 heavy (non-hydrogen) atoms. The molecular weight excluding hydrogens is 342 g/mol. The number of fused-ring (bicyclic) bond motifs is 4. The lowest BCUT2D eigenvalue weighted by molar-refractivity contribution is -0.253. The molecule has 0 radical (unpaired) electrons. The number of hydrogen-bond acceptors (Lipinski definition) is 5. The summed E-state index contributed by atoms with van der Waals surface area (Å²) in [5.74, 6) is -2.15. The molecule has 1 spiro atoms. The summed E-state index contributed by atoms with van der Waals surface area (Å²) >= 11 is 6.21. The number of hydrogen-bond donors (Lipinski definition) is 0. The summed E-state index contributed by atoms with van der Waals surface area (Å²) < 4.78 is 11.1. The number of carbonyl (C=O) groups is 2. The molecule has 2 saturated heterocycles. The highest BCUT2D eigenvalue weighted by Gasteiger charge is 2.63. The van der Waals surface area contributed by atoms with Crippen LogP contribution in [0.1, 0.15) is 45.1 Å². The number of nitrogens with zero attached hydrogens (tertiary/aromatic N) is 1. The van der Waals surface area contributed by atoms with E-state index in [9.17, 15) is 9.59 Å². The van der Waals surface area contributed by atoms with Gasteiger partial charge in [0.25, 0.3) is 5.79 Å². The topological polar surface area (TPSA) is 55.8 Å². The highest BCUT2D eigenvalue weighted by atomic mass is 35.5. The lowest BCUT2D eigenvalue weighted by Crippen LogP contribution is -2.65. The molecule has 0 bridgehead atoms. The van der Waals surface area contributed by atoms with Gasteiger partial charge in [-0.25, -0.2) is 0 Å². The molecule has 3 heterocycles. The zero-order valence-corrected chi connectivity index (χ0v) is 15.3. The van der Waals surface area contributed by atoms with Gasteiger partial charge in [0.15, 0.2) is 5.41 Å². The van der Waals surface area contributed by atoms with Crippen molar-refractivity contribution >= 4 is 29.2 Å². The third-order valence-electron chi connectivity index (χ3n) is 5.55. The summed E-state index contributed by atoms with van der Waals surface area (Å²) in [6, 6.07) is 5.39. The molecule has 0 N–H and O–H groups in total. The van der Waals surface area contributed by atoms with Gasteiger partial charge in [0, 0.05) is 37.5 Å². The molecule has 1 unspecified atom stereocenters. The van der Waals surface area contributed by atoms with Crippen LogP contribution in [0.2, 0.25) is 5.02 Å². The summed E-state index contributed by atoms with van der Waals surface area (Å²) in [5, 5.41) is 0.660. The number of benzene rings is 1. The van der Waals surface area contributed by atoms with Gasteiger partial charge in [-0.2, -0.15) is 0 Å². The van der Waals surface area contributed by atoms with Gasteiger partial charge < -0.3 is 14.4 Å². The molecule has 0 amide bonds. The van der Waals surface area contributed by atoms with Gasteiger partial charge >= 0.3 is 11.9 Å². The molecule has 2 fully saturated rings. The number of ether oxygens (including phenoxy) is 2. The zero-order chi connectivity index (χ0) is 17.8. The summed E-state index contributed by atoms with van der Waals surface area (Å²) in [6.07, 6.45) is 4.14. The fourth-order valence-electron chi connectivity index (χ4n) is 4.43. The van der Waals surface area contributed by atoms with E-state index in [1.807, 2.05) is 12.1 Å². The Hall–Kier alpha value is -1.75. The number of anilines is 1. The Morgan fingerprint density at radius 2 is 1.84 bits per heavy atom. The second-order valence-electron chi connectivity index (χ2n) is 7.66. The van der Waals surface area contributed by atoms with Crippen LogP contribution in [0.15, 0.2) is 18.2 Å². The number of esters is 2. The molecule has 134 valence electrons. The van der Waals surface area contributed by atoms with Crippen LogP contribution in [0, 0.1) is 5.41 Å². The standard InChI is InChI=1S/C19H22ClNO4/c1-18(2)24-16(22)19(17(23)25-18)11-12-7-8-13(20)10-14(12)21-9-5-3-4-6-15(19)21/h7-8,10,15H,3-6,9,11H2,1-2H3. The molecule has 3 aliphatic rings. The number of halogens is 1. The molecule has 0 aromatic heterocycles. The van der Waals surface area contributed by atoms with Gasteiger partial charge in [0.2, 0.25) is 0 Å². The lowest BCUT2D eigenvalue weighted by Gasteiger charge is -2.51. The van der Waals surface area contributed by atoms with Crippen molar-refractivity contribution in [3.8, 4) is 0 Å². The highest BCUT2D eigenvalue weighted by molar-refractivity contribution is 6.30. The number of cyclic esters (lactones) is 2. The Kier molecular flexibility index (Phi) is 3.76. The third-order valence-corrected chi connectivity index (χ3v) is 5.79. The Bertz CT molecular complexity index is 725. The third kappa shape index (κ3) is 2.51. The minimum absolute atomic E-state index is 0.253. The minimum atomic E-state index is -1.29. The minimum Gasteiger partial charge on any atom is -0.422 e. The monoisotopic (exact) mass is 363 g/mol. The molecule has 0 aliphatic carbocycles. The highest BCUT2D eigenvalue weighted by Crippen LogP contribution is 2.49.